The van der Waals surface area contributed by atoms with E-state index in [1.165, 1.54) is 12.1 Å². The van der Waals surface area contributed by atoms with Gasteiger partial charge in [-0.05, 0) is 49.7 Å². The van der Waals surface area contributed by atoms with Gasteiger partial charge in [0.25, 0.3) is 5.91 Å². The normalized spacial score (nSPS) is 26.3. The summed E-state index contributed by atoms with van der Waals surface area (Å²) in [7, 11) is -3.91. The molecule has 5 nitrogen and oxygen atoms in total. The van der Waals surface area contributed by atoms with E-state index in [1.807, 2.05) is 0 Å². The molecule has 1 aromatic rings. The standard InChI is InChI=1S/C21H33NO4S/c1-3-5-10-18-14-16-21(20(23)22-24,15-13-17(18)9-4-2)27(25,26)19-11-7-6-8-12-19/h6-8,11-12,17-18,24H,3-5,9-10,13-16H2,1-2H3,(H,22,23). The molecule has 152 valence electrons. The Bertz CT molecular complexity index is 704. The van der Waals surface area contributed by atoms with Gasteiger partial charge in [0.15, 0.2) is 14.6 Å². The molecule has 1 aliphatic carbocycles. The fraction of sp³-hybridized carbons (Fsp3) is 0.667. The Kier molecular flexibility index (Phi) is 7.86. The van der Waals surface area contributed by atoms with Gasteiger partial charge < -0.3 is 0 Å². The van der Waals surface area contributed by atoms with E-state index < -0.39 is 20.5 Å². The molecule has 27 heavy (non-hydrogen) atoms. The van der Waals surface area contributed by atoms with Crippen LogP contribution in [0.15, 0.2) is 35.2 Å². The van der Waals surface area contributed by atoms with Crippen molar-refractivity contribution in [2.24, 2.45) is 11.8 Å². The number of hydroxylamine groups is 1. The number of nitrogens with one attached hydrogen (secondary N) is 1. The minimum absolute atomic E-state index is 0.146. The lowest BCUT2D eigenvalue weighted by atomic mass is 9.81. The smallest absolute Gasteiger partial charge is 0.265 e. The Hall–Kier alpha value is -1.40. The summed E-state index contributed by atoms with van der Waals surface area (Å²) in [5, 5.41) is 9.37. The molecule has 1 amide bonds. The van der Waals surface area contributed by atoms with Crippen LogP contribution in [0, 0.1) is 11.8 Å². The number of sulfone groups is 1. The van der Waals surface area contributed by atoms with Crippen molar-refractivity contribution in [3.8, 4) is 0 Å². The quantitative estimate of drug-likeness (QED) is 0.386. The van der Waals surface area contributed by atoms with Crippen molar-refractivity contribution >= 4 is 15.7 Å². The van der Waals surface area contributed by atoms with Crippen molar-refractivity contribution in [2.75, 3.05) is 0 Å². The topological polar surface area (TPSA) is 83.5 Å². The summed E-state index contributed by atoms with van der Waals surface area (Å²) in [6.07, 6.45) is 7.31. The first-order chi connectivity index (χ1) is 12.9. The van der Waals surface area contributed by atoms with Crippen LogP contribution in [-0.2, 0) is 14.6 Å². The summed E-state index contributed by atoms with van der Waals surface area (Å²) in [6, 6.07) is 8.15. The molecule has 0 heterocycles. The lowest BCUT2D eigenvalue weighted by Crippen LogP contribution is -2.51. The van der Waals surface area contributed by atoms with E-state index in [0.29, 0.717) is 24.7 Å². The molecule has 1 fully saturated rings. The highest BCUT2D eigenvalue weighted by molar-refractivity contribution is 7.93. The SMILES string of the molecule is CCCCC1CCC(C(=O)NO)(S(=O)(=O)c2ccccc2)CCC1CCC. The van der Waals surface area contributed by atoms with E-state index in [9.17, 15) is 18.4 Å². The van der Waals surface area contributed by atoms with E-state index in [1.54, 1.807) is 23.7 Å². The van der Waals surface area contributed by atoms with Crippen LogP contribution in [0.3, 0.4) is 0 Å². The van der Waals surface area contributed by atoms with Gasteiger partial charge in [0, 0.05) is 0 Å². The Balaban J connectivity index is 2.43. The predicted molar refractivity (Wildman–Crippen MR) is 106 cm³/mol. The number of hydrogen-bond donors (Lipinski definition) is 2. The molecule has 3 atom stereocenters. The molecule has 6 heteroatoms. The van der Waals surface area contributed by atoms with Crippen LogP contribution in [-0.4, -0.2) is 24.3 Å². The van der Waals surface area contributed by atoms with Crippen molar-refractivity contribution < 1.29 is 18.4 Å². The second-order valence-corrected chi connectivity index (χ2v) is 10.0. The first kappa shape index (κ1) is 21.9. The Labute approximate surface area is 163 Å². The van der Waals surface area contributed by atoms with Crippen molar-refractivity contribution in [3.63, 3.8) is 0 Å². The molecule has 2 N–H and O–H groups in total. The van der Waals surface area contributed by atoms with Gasteiger partial charge in [-0.2, -0.15) is 0 Å². The number of carbonyl (C=O) groups excluding carboxylic acids is 1. The largest absolute Gasteiger partial charge is 0.289 e. The molecule has 2 rings (SSSR count). The van der Waals surface area contributed by atoms with E-state index in [-0.39, 0.29) is 17.7 Å². The molecule has 3 unspecified atom stereocenters. The second-order valence-electron chi connectivity index (χ2n) is 7.78. The average Bonchev–Trinajstić information content (AvgIpc) is 2.87. The number of amides is 1. The van der Waals surface area contributed by atoms with Crippen LogP contribution in [0.2, 0.25) is 0 Å². The predicted octanol–water partition coefficient (Wildman–Crippen LogP) is 4.50. The summed E-state index contributed by atoms with van der Waals surface area (Å²) in [5.41, 5.74) is 1.67. The van der Waals surface area contributed by atoms with Crippen LogP contribution in [0.5, 0.6) is 0 Å². The monoisotopic (exact) mass is 395 g/mol. The van der Waals surface area contributed by atoms with Gasteiger partial charge in [0.05, 0.1) is 4.90 Å². The van der Waals surface area contributed by atoms with E-state index in [4.69, 9.17) is 0 Å². The highest BCUT2D eigenvalue weighted by atomic mass is 32.2. The molecular weight excluding hydrogens is 362 g/mol. The third kappa shape index (κ3) is 4.54. The van der Waals surface area contributed by atoms with Gasteiger partial charge in [-0.15, -0.1) is 0 Å². The molecule has 0 aromatic heterocycles. The Morgan fingerprint density at radius 3 is 2.19 bits per heavy atom. The zero-order valence-electron chi connectivity index (χ0n) is 16.5. The highest BCUT2D eigenvalue weighted by Crippen LogP contribution is 2.44. The number of benzene rings is 1. The maximum absolute atomic E-state index is 13.5. The minimum atomic E-state index is -3.91. The van der Waals surface area contributed by atoms with Crippen LogP contribution < -0.4 is 5.48 Å². The fourth-order valence-corrected chi connectivity index (χ4v) is 6.61. The van der Waals surface area contributed by atoms with Crippen LogP contribution >= 0.6 is 0 Å². The Morgan fingerprint density at radius 1 is 1.07 bits per heavy atom. The van der Waals surface area contributed by atoms with Crippen molar-refractivity contribution in [1.82, 2.24) is 5.48 Å². The van der Waals surface area contributed by atoms with Crippen LogP contribution in [0.4, 0.5) is 0 Å². The Morgan fingerprint density at radius 2 is 1.67 bits per heavy atom. The summed E-state index contributed by atoms with van der Waals surface area (Å²) in [6.45, 7) is 4.31. The number of unbranched alkanes of at least 4 members (excludes halogenated alkanes) is 1. The van der Waals surface area contributed by atoms with Gasteiger partial charge in [-0.1, -0.05) is 64.2 Å². The highest BCUT2D eigenvalue weighted by Gasteiger charge is 2.52. The maximum Gasteiger partial charge on any atom is 0.265 e. The summed E-state index contributed by atoms with van der Waals surface area (Å²) < 4.78 is 25.4. The molecule has 1 saturated carbocycles. The lowest BCUT2D eigenvalue weighted by molar-refractivity contribution is -0.132. The third-order valence-corrected chi connectivity index (χ3v) is 8.69. The third-order valence-electron chi connectivity index (χ3n) is 6.18. The second kappa shape index (κ2) is 9.69. The zero-order chi connectivity index (χ0) is 19.9. The van der Waals surface area contributed by atoms with Crippen molar-refractivity contribution in [3.05, 3.63) is 30.3 Å². The number of hydrogen-bond acceptors (Lipinski definition) is 4. The maximum atomic E-state index is 13.5. The van der Waals surface area contributed by atoms with E-state index >= 15 is 0 Å². The zero-order valence-corrected chi connectivity index (χ0v) is 17.3. The van der Waals surface area contributed by atoms with Gasteiger partial charge in [-0.25, -0.2) is 13.9 Å². The molecule has 0 spiro atoms. The van der Waals surface area contributed by atoms with Crippen molar-refractivity contribution in [1.29, 1.82) is 0 Å². The summed E-state index contributed by atoms with van der Waals surface area (Å²) in [4.78, 5) is 12.9. The van der Waals surface area contributed by atoms with Crippen LogP contribution in [0.1, 0.15) is 71.6 Å². The molecule has 0 bridgehead atoms. The molecular formula is C21H33NO4S. The molecule has 0 aliphatic heterocycles. The van der Waals surface area contributed by atoms with Crippen LogP contribution in [0.25, 0.3) is 0 Å². The molecule has 0 saturated heterocycles. The van der Waals surface area contributed by atoms with Gasteiger partial charge in [0.1, 0.15) is 0 Å². The van der Waals surface area contributed by atoms with Crippen molar-refractivity contribution in [2.45, 2.75) is 81.3 Å². The molecule has 1 aromatic carbocycles. The summed E-state index contributed by atoms with van der Waals surface area (Å²) in [5.74, 6) is 0.0721. The first-order valence-electron chi connectivity index (χ1n) is 10.2. The first-order valence-corrected chi connectivity index (χ1v) is 11.7. The fourth-order valence-electron chi connectivity index (χ4n) is 4.58. The van der Waals surface area contributed by atoms with Gasteiger partial charge >= 0.3 is 0 Å². The number of carbonyl (C=O) groups is 1. The minimum Gasteiger partial charge on any atom is -0.289 e. The van der Waals surface area contributed by atoms with Gasteiger partial charge in [-0.3, -0.25) is 10.0 Å². The molecule has 1 aliphatic rings. The summed E-state index contributed by atoms with van der Waals surface area (Å²) >= 11 is 0. The molecule has 0 radical (unpaired) electrons. The average molecular weight is 396 g/mol. The van der Waals surface area contributed by atoms with Gasteiger partial charge in [0.2, 0.25) is 0 Å². The van der Waals surface area contributed by atoms with E-state index in [0.717, 1.165) is 32.1 Å². The number of rotatable bonds is 8. The lowest BCUT2D eigenvalue weighted by Gasteiger charge is -2.30. The van der Waals surface area contributed by atoms with E-state index in [2.05, 4.69) is 13.8 Å².